The van der Waals surface area contributed by atoms with Crippen molar-refractivity contribution in [2.24, 2.45) is 0 Å². The zero-order chi connectivity index (χ0) is 12.7. The number of hydrogen-bond donors (Lipinski definition) is 1. The second-order valence-corrected chi connectivity index (χ2v) is 4.13. The molecule has 0 bridgehead atoms. The molecule has 1 rings (SSSR count). The summed E-state index contributed by atoms with van der Waals surface area (Å²) in [6.45, 7) is 8.14. The zero-order valence-corrected chi connectivity index (χ0v) is 10.5. The third kappa shape index (κ3) is 4.15. The molecule has 0 saturated carbocycles. The lowest BCUT2D eigenvalue weighted by Gasteiger charge is -2.11. The number of aliphatic hydroxyl groups excluding tert-OH is 1. The SMILES string of the molecule is C=CCCCOc1cnc(C(C)C)nc1CO. The van der Waals surface area contributed by atoms with Gasteiger partial charge >= 0.3 is 0 Å². The van der Waals surface area contributed by atoms with Crippen LogP contribution in [0.2, 0.25) is 0 Å². The topological polar surface area (TPSA) is 55.2 Å². The van der Waals surface area contributed by atoms with Crippen LogP contribution in [-0.4, -0.2) is 21.7 Å². The number of aromatic nitrogens is 2. The number of ether oxygens (including phenoxy) is 1. The highest BCUT2D eigenvalue weighted by Gasteiger charge is 2.09. The lowest BCUT2D eigenvalue weighted by atomic mass is 10.2. The fourth-order valence-corrected chi connectivity index (χ4v) is 1.34. The normalized spacial score (nSPS) is 10.6. The van der Waals surface area contributed by atoms with Crippen LogP contribution in [0.1, 0.15) is 44.1 Å². The first-order valence-electron chi connectivity index (χ1n) is 5.89. The smallest absolute Gasteiger partial charge is 0.161 e. The highest BCUT2D eigenvalue weighted by molar-refractivity contribution is 5.24. The van der Waals surface area contributed by atoms with E-state index < -0.39 is 0 Å². The van der Waals surface area contributed by atoms with Crippen molar-refractivity contribution in [1.29, 1.82) is 0 Å². The minimum absolute atomic E-state index is 0.126. The van der Waals surface area contributed by atoms with Crippen molar-refractivity contribution in [2.75, 3.05) is 6.61 Å². The van der Waals surface area contributed by atoms with E-state index in [2.05, 4.69) is 16.5 Å². The maximum Gasteiger partial charge on any atom is 0.161 e. The summed E-state index contributed by atoms with van der Waals surface area (Å²) in [7, 11) is 0. The van der Waals surface area contributed by atoms with Crippen LogP contribution in [-0.2, 0) is 6.61 Å². The molecule has 0 unspecified atom stereocenters. The van der Waals surface area contributed by atoms with Crippen molar-refractivity contribution in [3.63, 3.8) is 0 Å². The fourth-order valence-electron chi connectivity index (χ4n) is 1.34. The molecule has 1 heterocycles. The highest BCUT2D eigenvalue weighted by Crippen LogP contribution is 2.18. The van der Waals surface area contributed by atoms with Crippen molar-refractivity contribution < 1.29 is 9.84 Å². The van der Waals surface area contributed by atoms with Crippen LogP contribution in [0, 0.1) is 0 Å². The fraction of sp³-hybridized carbons (Fsp3) is 0.538. The molecule has 0 aliphatic rings. The Kier molecular flexibility index (Phi) is 5.63. The van der Waals surface area contributed by atoms with Crippen molar-refractivity contribution in [2.45, 2.75) is 39.2 Å². The summed E-state index contributed by atoms with van der Waals surface area (Å²) in [5.74, 6) is 1.54. The summed E-state index contributed by atoms with van der Waals surface area (Å²) >= 11 is 0. The summed E-state index contributed by atoms with van der Waals surface area (Å²) in [5, 5.41) is 9.24. The van der Waals surface area contributed by atoms with E-state index in [4.69, 9.17) is 4.74 Å². The van der Waals surface area contributed by atoms with E-state index in [1.165, 1.54) is 0 Å². The summed E-state index contributed by atoms with van der Waals surface area (Å²) in [4.78, 5) is 8.50. The number of hydrogen-bond acceptors (Lipinski definition) is 4. The molecular weight excluding hydrogens is 216 g/mol. The average molecular weight is 236 g/mol. The summed E-state index contributed by atoms with van der Waals surface area (Å²) in [6, 6.07) is 0. The van der Waals surface area contributed by atoms with E-state index in [1.54, 1.807) is 6.20 Å². The van der Waals surface area contributed by atoms with E-state index >= 15 is 0 Å². The molecule has 0 atom stereocenters. The number of rotatable bonds is 7. The molecule has 1 N–H and O–H groups in total. The third-order valence-corrected chi connectivity index (χ3v) is 2.32. The van der Waals surface area contributed by atoms with E-state index in [0.29, 0.717) is 18.1 Å². The first-order valence-corrected chi connectivity index (χ1v) is 5.89. The minimum Gasteiger partial charge on any atom is -0.490 e. The Morgan fingerprint density at radius 1 is 1.53 bits per heavy atom. The Hall–Kier alpha value is -1.42. The Morgan fingerprint density at radius 3 is 2.88 bits per heavy atom. The Morgan fingerprint density at radius 2 is 2.29 bits per heavy atom. The lowest BCUT2D eigenvalue weighted by Crippen LogP contribution is -2.06. The van der Waals surface area contributed by atoms with Crippen LogP contribution in [0.3, 0.4) is 0 Å². The maximum absolute atomic E-state index is 9.24. The van der Waals surface area contributed by atoms with Crippen molar-refractivity contribution in [3.05, 3.63) is 30.4 Å². The van der Waals surface area contributed by atoms with Crippen LogP contribution in [0.5, 0.6) is 5.75 Å². The van der Waals surface area contributed by atoms with Crippen LogP contribution in [0.15, 0.2) is 18.9 Å². The number of aliphatic hydroxyl groups is 1. The minimum atomic E-state index is -0.126. The quantitative estimate of drug-likeness (QED) is 0.583. The van der Waals surface area contributed by atoms with Gasteiger partial charge in [0, 0.05) is 5.92 Å². The van der Waals surface area contributed by atoms with Gasteiger partial charge in [-0.1, -0.05) is 19.9 Å². The summed E-state index contributed by atoms with van der Waals surface area (Å²) < 4.78 is 5.53. The van der Waals surface area contributed by atoms with E-state index in [9.17, 15) is 5.11 Å². The molecule has 17 heavy (non-hydrogen) atoms. The largest absolute Gasteiger partial charge is 0.490 e. The highest BCUT2D eigenvalue weighted by atomic mass is 16.5. The molecule has 0 fully saturated rings. The number of unbranched alkanes of at least 4 members (excludes halogenated alkanes) is 1. The molecule has 0 saturated heterocycles. The lowest BCUT2D eigenvalue weighted by molar-refractivity contribution is 0.254. The van der Waals surface area contributed by atoms with Gasteiger partial charge in [-0.3, -0.25) is 0 Å². The second kappa shape index (κ2) is 7.01. The van der Waals surface area contributed by atoms with Crippen LogP contribution < -0.4 is 4.74 Å². The van der Waals surface area contributed by atoms with Gasteiger partial charge in [-0.25, -0.2) is 9.97 Å². The van der Waals surface area contributed by atoms with Crippen LogP contribution >= 0.6 is 0 Å². The monoisotopic (exact) mass is 236 g/mol. The zero-order valence-electron chi connectivity index (χ0n) is 10.5. The standard InChI is InChI=1S/C13H20N2O2/c1-4-5-6-7-17-12-8-14-13(10(2)3)15-11(12)9-16/h4,8,10,16H,1,5-7,9H2,2-3H3. The Labute approximate surface area is 102 Å². The van der Waals surface area contributed by atoms with E-state index in [1.807, 2.05) is 19.9 Å². The van der Waals surface area contributed by atoms with Gasteiger partial charge in [0.15, 0.2) is 5.75 Å². The molecule has 4 nitrogen and oxygen atoms in total. The molecule has 1 aromatic rings. The van der Waals surface area contributed by atoms with Gasteiger partial charge in [0.1, 0.15) is 11.5 Å². The first-order chi connectivity index (χ1) is 8.19. The molecule has 0 amide bonds. The molecule has 0 aliphatic carbocycles. The predicted molar refractivity (Wildman–Crippen MR) is 67.0 cm³/mol. The van der Waals surface area contributed by atoms with E-state index in [-0.39, 0.29) is 12.5 Å². The van der Waals surface area contributed by atoms with Gasteiger partial charge in [0.05, 0.1) is 19.4 Å². The van der Waals surface area contributed by atoms with Gasteiger partial charge in [-0.05, 0) is 12.8 Å². The summed E-state index contributed by atoms with van der Waals surface area (Å²) in [6.07, 6.45) is 5.32. The van der Waals surface area contributed by atoms with Gasteiger partial charge in [0.2, 0.25) is 0 Å². The maximum atomic E-state index is 9.24. The van der Waals surface area contributed by atoms with Gasteiger partial charge in [0.25, 0.3) is 0 Å². The Bertz CT molecular complexity index is 364. The number of allylic oxidation sites excluding steroid dienone is 1. The van der Waals surface area contributed by atoms with Gasteiger partial charge < -0.3 is 9.84 Å². The van der Waals surface area contributed by atoms with Crippen molar-refractivity contribution in [1.82, 2.24) is 9.97 Å². The van der Waals surface area contributed by atoms with Gasteiger partial charge in [-0.15, -0.1) is 6.58 Å². The first kappa shape index (κ1) is 13.6. The third-order valence-electron chi connectivity index (χ3n) is 2.32. The molecule has 4 heteroatoms. The molecular formula is C13H20N2O2. The predicted octanol–water partition coefficient (Wildman–Crippen LogP) is 2.44. The average Bonchev–Trinajstić information content (AvgIpc) is 2.34. The molecule has 0 radical (unpaired) electrons. The second-order valence-electron chi connectivity index (χ2n) is 4.13. The molecule has 94 valence electrons. The Balaban J connectivity index is 2.68. The van der Waals surface area contributed by atoms with Crippen molar-refractivity contribution in [3.8, 4) is 5.75 Å². The van der Waals surface area contributed by atoms with Crippen LogP contribution in [0.4, 0.5) is 0 Å². The van der Waals surface area contributed by atoms with Crippen LogP contribution in [0.25, 0.3) is 0 Å². The van der Waals surface area contributed by atoms with E-state index in [0.717, 1.165) is 18.7 Å². The molecule has 0 aliphatic heterocycles. The summed E-state index contributed by atoms with van der Waals surface area (Å²) in [5.41, 5.74) is 0.558. The van der Waals surface area contributed by atoms with Crippen molar-refractivity contribution >= 4 is 0 Å². The van der Waals surface area contributed by atoms with Gasteiger partial charge in [-0.2, -0.15) is 0 Å². The molecule has 0 spiro atoms. The number of nitrogens with zero attached hydrogens (tertiary/aromatic N) is 2. The molecule has 1 aromatic heterocycles. The molecule has 0 aromatic carbocycles.